The number of nitrogens with one attached hydrogen (secondary N) is 1. The lowest BCUT2D eigenvalue weighted by Crippen LogP contribution is -2.35. The first-order valence-corrected chi connectivity index (χ1v) is 8.85. The molecule has 2 rings (SSSR count). The molecule has 1 unspecified atom stereocenters. The van der Waals surface area contributed by atoms with Crippen molar-refractivity contribution >= 4 is 11.8 Å². The standard InChI is InChI=1S/C15H29NS/c1-2-8-16-15(11-13-4-3-5-13)12-14-6-9-17-10-7-14/h13-16H,2-12H2,1H3. The molecule has 1 N–H and O–H groups in total. The Balaban J connectivity index is 1.71. The summed E-state index contributed by atoms with van der Waals surface area (Å²) in [5, 5.41) is 3.81. The van der Waals surface area contributed by atoms with E-state index in [1.807, 2.05) is 0 Å². The predicted molar refractivity (Wildman–Crippen MR) is 78.7 cm³/mol. The minimum atomic E-state index is 0.827. The lowest BCUT2D eigenvalue weighted by atomic mass is 9.79. The zero-order valence-electron chi connectivity index (χ0n) is 11.4. The molecule has 1 aliphatic carbocycles. The van der Waals surface area contributed by atoms with Gasteiger partial charge in [-0.05, 0) is 62.0 Å². The van der Waals surface area contributed by atoms with E-state index in [2.05, 4.69) is 24.0 Å². The Bertz CT molecular complexity index is 197. The number of hydrogen-bond donors (Lipinski definition) is 1. The molecule has 0 spiro atoms. The Hall–Kier alpha value is 0.310. The molecule has 2 heteroatoms. The van der Waals surface area contributed by atoms with Crippen molar-refractivity contribution < 1.29 is 0 Å². The Labute approximate surface area is 112 Å². The van der Waals surface area contributed by atoms with Gasteiger partial charge in [0.05, 0.1) is 0 Å². The van der Waals surface area contributed by atoms with Crippen LogP contribution in [0.4, 0.5) is 0 Å². The maximum absolute atomic E-state index is 3.81. The lowest BCUT2D eigenvalue weighted by molar-refractivity contribution is 0.237. The third kappa shape index (κ3) is 4.82. The zero-order valence-corrected chi connectivity index (χ0v) is 12.2. The van der Waals surface area contributed by atoms with Gasteiger partial charge >= 0.3 is 0 Å². The van der Waals surface area contributed by atoms with E-state index < -0.39 is 0 Å². The Morgan fingerprint density at radius 2 is 1.71 bits per heavy atom. The van der Waals surface area contributed by atoms with Crippen LogP contribution in [-0.2, 0) is 0 Å². The van der Waals surface area contributed by atoms with Gasteiger partial charge in [-0.2, -0.15) is 11.8 Å². The molecule has 2 aliphatic rings. The molecule has 1 nitrogen and oxygen atoms in total. The maximum Gasteiger partial charge on any atom is 0.00723 e. The molecular weight excluding hydrogens is 226 g/mol. The molecule has 0 radical (unpaired) electrons. The summed E-state index contributed by atoms with van der Waals surface area (Å²) in [7, 11) is 0. The van der Waals surface area contributed by atoms with Gasteiger partial charge in [-0.1, -0.05) is 26.2 Å². The van der Waals surface area contributed by atoms with E-state index in [0.717, 1.165) is 17.9 Å². The van der Waals surface area contributed by atoms with E-state index in [9.17, 15) is 0 Å². The van der Waals surface area contributed by atoms with Gasteiger partial charge in [0.15, 0.2) is 0 Å². The SMILES string of the molecule is CCCNC(CC1CCC1)CC1CCSCC1. The summed E-state index contributed by atoms with van der Waals surface area (Å²) in [6, 6.07) is 0.827. The molecule has 0 bridgehead atoms. The van der Waals surface area contributed by atoms with E-state index in [1.54, 1.807) is 0 Å². The summed E-state index contributed by atoms with van der Waals surface area (Å²) < 4.78 is 0. The van der Waals surface area contributed by atoms with Crippen molar-refractivity contribution in [3.8, 4) is 0 Å². The van der Waals surface area contributed by atoms with E-state index in [4.69, 9.17) is 0 Å². The topological polar surface area (TPSA) is 12.0 Å². The van der Waals surface area contributed by atoms with Gasteiger partial charge in [-0.15, -0.1) is 0 Å². The molecule has 1 atom stereocenters. The first-order chi connectivity index (χ1) is 8.38. The third-order valence-electron chi connectivity index (χ3n) is 4.48. The Morgan fingerprint density at radius 3 is 2.24 bits per heavy atom. The van der Waals surface area contributed by atoms with Crippen LogP contribution < -0.4 is 5.32 Å². The highest BCUT2D eigenvalue weighted by Crippen LogP contribution is 2.33. The fourth-order valence-electron chi connectivity index (χ4n) is 3.13. The molecule has 0 aromatic carbocycles. The van der Waals surface area contributed by atoms with Crippen LogP contribution in [0.25, 0.3) is 0 Å². The van der Waals surface area contributed by atoms with Crippen molar-refractivity contribution in [1.82, 2.24) is 5.32 Å². The van der Waals surface area contributed by atoms with E-state index in [1.165, 1.54) is 69.4 Å². The summed E-state index contributed by atoms with van der Waals surface area (Å²) in [5.41, 5.74) is 0. The maximum atomic E-state index is 3.81. The van der Waals surface area contributed by atoms with Crippen molar-refractivity contribution in [2.75, 3.05) is 18.1 Å². The van der Waals surface area contributed by atoms with Crippen LogP contribution in [0.2, 0.25) is 0 Å². The quantitative estimate of drug-likeness (QED) is 0.736. The Morgan fingerprint density at radius 1 is 1.06 bits per heavy atom. The van der Waals surface area contributed by atoms with Gasteiger partial charge in [0.2, 0.25) is 0 Å². The Kier molecular flexibility index (Phi) is 6.21. The lowest BCUT2D eigenvalue weighted by Gasteiger charge is -2.33. The number of hydrogen-bond acceptors (Lipinski definition) is 2. The first-order valence-electron chi connectivity index (χ1n) is 7.69. The smallest absolute Gasteiger partial charge is 0.00723 e. The summed E-state index contributed by atoms with van der Waals surface area (Å²) in [5.74, 6) is 4.90. The van der Waals surface area contributed by atoms with Gasteiger partial charge in [0, 0.05) is 6.04 Å². The second-order valence-electron chi connectivity index (χ2n) is 5.98. The monoisotopic (exact) mass is 255 g/mol. The summed E-state index contributed by atoms with van der Waals surface area (Å²) in [6.07, 6.45) is 11.6. The van der Waals surface area contributed by atoms with Gasteiger partial charge in [-0.3, -0.25) is 0 Å². The molecule has 100 valence electrons. The molecule has 1 saturated carbocycles. The van der Waals surface area contributed by atoms with Gasteiger partial charge in [-0.25, -0.2) is 0 Å². The summed E-state index contributed by atoms with van der Waals surface area (Å²) >= 11 is 2.15. The summed E-state index contributed by atoms with van der Waals surface area (Å²) in [6.45, 7) is 3.50. The van der Waals surface area contributed by atoms with Crippen molar-refractivity contribution in [1.29, 1.82) is 0 Å². The van der Waals surface area contributed by atoms with E-state index >= 15 is 0 Å². The molecule has 1 aliphatic heterocycles. The molecular formula is C15H29NS. The summed E-state index contributed by atoms with van der Waals surface area (Å²) in [4.78, 5) is 0. The zero-order chi connectivity index (χ0) is 11.9. The minimum absolute atomic E-state index is 0.827. The van der Waals surface area contributed by atoms with E-state index in [-0.39, 0.29) is 0 Å². The van der Waals surface area contributed by atoms with Crippen LogP contribution in [0, 0.1) is 11.8 Å². The molecule has 1 heterocycles. The normalized spacial score (nSPS) is 24.5. The average Bonchev–Trinajstić information content (AvgIpc) is 2.31. The predicted octanol–water partition coefficient (Wildman–Crippen LogP) is 4.08. The van der Waals surface area contributed by atoms with Crippen LogP contribution in [0.3, 0.4) is 0 Å². The van der Waals surface area contributed by atoms with Crippen LogP contribution in [0.15, 0.2) is 0 Å². The van der Waals surface area contributed by atoms with Gasteiger partial charge < -0.3 is 5.32 Å². The van der Waals surface area contributed by atoms with Crippen molar-refractivity contribution in [2.45, 2.75) is 64.3 Å². The van der Waals surface area contributed by atoms with Gasteiger partial charge in [0.1, 0.15) is 0 Å². The van der Waals surface area contributed by atoms with Crippen molar-refractivity contribution in [3.63, 3.8) is 0 Å². The molecule has 2 fully saturated rings. The van der Waals surface area contributed by atoms with Crippen molar-refractivity contribution in [2.24, 2.45) is 11.8 Å². The molecule has 1 saturated heterocycles. The third-order valence-corrected chi connectivity index (χ3v) is 5.53. The molecule has 0 aromatic heterocycles. The van der Waals surface area contributed by atoms with Crippen LogP contribution >= 0.6 is 11.8 Å². The highest BCUT2D eigenvalue weighted by atomic mass is 32.2. The van der Waals surface area contributed by atoms with Crippen LogP contribution in [0.5, 0.6) is 0 Å². The van der Waals surface area contributed by atoms with E-state index in [0.29, 0.717) is 0 Å². The van der Waals surface area contributed by atoms with Crippen molar-refractivity contribution in [3.05, 3.63) is 0 Å². The largest absolute Gasteiger partial charge is 0.314 e. The fraction of sp³-hybridized carbons (Fsp3) is 1.00. The average molecular weight is 255 g/mol. The highest BCUT2D eigenvalue weighted by Gasteiger charge is 2.24. The minimum Gasteiger partial charge on any atom is -0.314 e. The number of rotatable bonds is 7. The fourth-order valence-corrected chi connectivity index (χ4v) is 4.33. The molecule has 17 heavy (non-hydrogen) atoms. The number of thioether (sulfide) groups is 1. The molecule has 0 aromatic rings. The first kappa shape index (κ1) is 13.7. The van der Waals surface area contributed by atoms with Crippen LogP contribution in [0.1, 0.15) is 58.3 Å². The second-order valence-corrected chi connectivity index (χ2v) is 7.20. The highest BCUT2D eigenvalue weighted by molar-refractivity contribution is 7.99. The van der Waals surface area contributed by atoms with Gasteiger partial charge in [0.25, 0.3) is 0 Å². The second kappa shape index (κ2) is 7.68. The van der Waals surface area contributed by atoms with Crippen LogP contribution in [-0.4, -0.2) is 24.1 Å². The molecule has 0 amide bonds.